The molecule has 0 spiro atoms. The predicted molar refractivity (Wildman–Crippen MR) is 47.9 cm³/mol. The highest BCUT2D eigenvalue weighted by Crippen LogP contribution is 2.24. The Bertz CT molecular complexity index is 444. The minimum atomic E-state index is -4.69. The summed E-state index contributed by atoms with van der Waals surface area (Å²) in [6.45, 7) is 0. The first kappa shape index (κ1) is 12.0. The van der Waals surface area contributed by atoms with Crippen LogP contribution in [-0.4, -0.2) is 18.1 Å². The fraction of sp³-hybridized carbons (Fsp3) is 0.250. The maximum absolute atomic E-state index is 12.2. The Morgan fingerprint density at radius 3 is 2.20 bits per heavy atom. The molecule has 1 aromatic carbocycles. The molecule has 0 aliphatic rings. The molecule has 7 heteroatoms. The molecule has 0 heterocycles. The van der Waals surface area contributed by atoms with Gasteiger partial charge in [0.05, 0.1) is 0 Å². The lowest BCUT2D eigenvalue weighted by atomic mass is 10.1. The van der Waals surface area contributed by atoms with E-state index < -0.39 is 27.5 Å². The summed E-state index contributed by atoms with van der Waals surface area (Å²) in [4.78, 5) is 0. The van der Waals surface area contributed by atoms with Crippen LogP contribution in [0.5, 0.6) is 0 Å². The lowest BCUT2D eigenvalue weighted by Crippen LogP contribution is -2.11. The number of aliphatic hydroxyl groups excluding tert-OH is 1. The smallest absolute Gasteiger partial charge is 0.296 e. The highest BCUT2D eigenvalue weighted by Gasteiger charge is 2.22. The number of hydrogen-bond donors (Lipinski definition) is 2. The van der Waals surface area contributed by atoms with Gasteiger partial charge in [0.15, 0.2) is 0 Å². The van der Waals surface area contributed by atoms with Gasteiger partial charge in [0.2, 0.25) is 5.44 Å². The molecule has 0 aromatic heterocycles. The van der Waals surface area contributed by atoms with Crippen LogP contribution >= 0.6 is 0 Å². The van der Waals surface area contributed by atoms with E-state index in [1.54, 1.807) is 0 Å². The Morgan fingerprint density at radius 2 is 1.73 bits per heavy atom. The molecule has 15 heavy (non-hydrogen) atoms. The first-order valence-electron chi connectivity index (χ1n) is 3.84. The number of rotatable bonds is 3. The van der Waals surface area contributed by atoms with Gasteiger partial charge in [-0.25, -0.2) is 8.78 Å². The molecule has 1 aromatic rings. The molecule has 84 valence electrons. The largest absolute Gasteiger partial charge is 0.371 e. The molecule has 0 amide bonds. The fourth-order valence-corrected chi connectivity index (χ4v) is 1.51. The molecule has 0 fully saturated rings. The van der Waals surface area contributed by atoms with Crippen molar-refractivity contribution in [1.29, 1.82) is 0 Å². The average Bonchev–Trinajstić information content (AvgIpc) is 2.15. The summed E-state index contributed by atoms with van der Waals surface area (Å²) < 4.78 is 54.0. The summed E-state index contributed by atoms with van der Waals surface area (Å²) in [6.07, 6.45) is -2.77. The van der Waals surface area contributed by atoms with Crippen molar-refractivity contribution < 1.29 is 26.9 Å². The Labute approximate surface area is 84.9 Å². The van der Waals surface area contributed by atoms with Crippen molar-refractivity contribution in [2.24, 2.45) is 0 Å². The molecule has 2 N–H and O–H groups in total. The zero-order chi connectivity index (χ0) is 11.6. The zero-order valence-corrected chi connectivity index (χ0v) is 8.16. The van der Waals surface area contributed by atoms with E-state index in [1.165, 1.54) is 6.07 Å². The van der Waals surface area contributed by atoms with Gasteiger partial charge in [-0.15, -0.1) is 0 Å². The van der Waals surface area contributed by atoms with E-state index in [0.29, 0.717) is 0 Å². The zero-order valence-electron chi connectivity index (χ0n) is 7.34. The molecule has 1 atom stereocenters. The van der Waals surface area contributed by atoms with Crippen molar-refractivity contribution in [2.75, 3.05) is 0 Å². The van der Waals surface area contributed by atoms with Crippen molar-refractivity contribution in [1.82, 2.24) is 0 Å². The minimum Gasteiger partial charge on any atom is -0.371 e. The number of alkyl halides is 2. The second-order valence-corrected chi connectivity index (χ2v) is 4.31. The molecule has 0 aliphatic carbocycles. The maximum atomic E-state index is 12.2. The van der Waals surface area contributed by atoms with Gasteiger partial charge in [0.25, 0.3) is 16.5 Å². The third-order valence-corrected chi connectivity index (χ3v) is 2.57. The molecular weight excluding hydrogens is 230 g/mol. The SMILES string of the molecule is O=S(=O)(O)C(O)c1cccc(C(F)F)c1. The van der Waals surface area contributed by atoms with Crippen LogP contribution in [0.25, 0.3) is 0 Å². The van der Waals surface area contributed by atoms with E-state index >= 15 is 0 Å². The monoisotopic (exact) mass is 238 g/mol. The average molecular weight is 238 g/mol. The van der Waals surface area contributed by atoms with Crippen LogP contribution in [0.15, 0.2) is 24.3 Å². The van der Waals surface area contributed by atoms with E-state index in [2.05, 4.69) is 0 Å². The predicted octanol–water partition coefficient (Wildman–Crippen LogP) is 1.50. The molecule has 0 radical (unpaired) electrons. The second-order valence-electron chi connectivity index (χ2n) is 2.84. The molecule has 0 saturated heterocycles. The molecule has 0 saturated carbocycles. The van der Waals surface area contributed by atoms with Gasteiger partial charge in [-0.3, -0.25) is 4.55 Å². The lowest BCUT2D eigenvalue weighted by molar-refractivity contribution is 0.151. The van der Waals surface area contributed by atoms with Gasteiger partial charge in [-0.2, -0.15) is 8.42 Å². The second kappa shape index (κ2) is 4.21. The van der Waals surface area contributed by atoms with Crippen LogP contribution in [0.1, 0.15) is 23.0 Å². The minimum absolute atomic E-state index is 0.296. The summed E-state index contributed by atoms with van der Waals surface area (Å²) in [5.41, 5.74) is -2.92. The summed E-state index contributed by atoms with van der Waals surface area (Å²) in [5.74, 6) is 0. The van der Waals surface area contributed by atoms with Gasteiger partial charge in [0, 0.05) is 5.56 Å². The first-order chi connectivity index (χ1) is 6.82. The van der Waals surface area contributed by atoms with Crippen LogP contribution in [0, 0.1) is 0 Å². The van der Waals surface area contributed by atoms with Crippen LogP contribution < -0.4 is 0 Å². The van der Waals surface area contributed by atoms with Gasteiger partial charge in [-0.1, -0.05) is 18.2 Å². The number of benzene rings is 1. The highest BCUT2D eigenvalue weighted by molar-refractivity contribution is 7.85. The van der Waals surface area contributed by atoms with Gasteiger partial charge >= 0.3 is 0 Å². The standard InChI is InChI=1S/C8H8F2O4S/c9-7(10)5-2-1-3-6(4-5)8(11)15(12,13)14/h1-4,7-8,11H,(H,12,13,14). The number of aliphatic hydroxyl groups is 1. The maximum Gasteiger partial charge on any atom is 0.296 e. The van der Waals surface area contributed by atoms with E-state index in [-0.39, 0.29) is 5.56 Å². The lowest BCUT2D eigenvalue weighted by Gasteiger charge is -2.08. The molecule has 1 unspecified atom stereocenters. The topological polar surface area (TPSA) is 74.6 Å². The van der Waals surface area contributed by atoms with Crippen LogP contribution in [0.4, 0.5) is 8.78 Å². The van der Waals surface area contributed by atoms with Crippen molar-refractivity contribution in [3.8, 4) is 0 Å². The molecule has 1 rings (SSSR count). The quantitative estimate of drug-likeness (QED) is 0.782. The number of halogens is 2. The molecular formula is C8H8F2O4S. The van der Waals surface area contributed by atoms with Crippen molar-refractivity contribution in [2.45, 2.75) is 11.9 Å². The molecule has 0 bridgehead atoms. The van der Waals surface area contributed by atoms with Gasteiger partial charge < -0.3 is 5.11 Å². The Balaban J connectivity index is 3.11. The van der Waals surface area contributed by atoms with E-state index in [9.17, 15) is 17.2 Å². The first-order valence-corrected chi connectivity index (χ1v) is 5.35. The van der Waals surface area contributed by atoms with E-state index in [4.69, 9.17) is 9.66 Å². The Kier molecular flexibility index (Phi) is 3.38. The van der Waals surface area contributed by atoms with E-state index in [1.807, 2.05) is 0 Å². The normalized spacial score (nSPS) is 14.2. The fourth-order valence-electron chi connectivity index (χ4n) is 1.02. The van der Waals surface area contributed by atoms with Crippen molar-refractivity contribution >= 4 is 10.1 Å². The van der Waals surface area contributed by atoms with Crippen molar-refractivity contribution in [3.05, 3.63) is 35.4 Å². The van der Waals surface area contributed by atoms with Gasteiger partial charge in [-0.05, 0) is 11.6 Å². The summed E-state index contributed by atoms with van der Waals surface area (Å²) in [7, 11) is -4.69. The Morgan fingerprint density at radius 1 is 1.20 bits per heavy atom. The number of hydrogen-bond acceptors (Lipinski definition) is 3. The summed E-state index contributed by atoms with van der Waals surface area (Å²) in [6, 6.07) is 4.21. The van der Waals surface area contributed by atoms with Crippen LogP contribution in [-0.2, 0) is 10.1 Å². The summed E-state index contributed by atoms with van der Waals surface area (Å²) >= 11 is 0. The van der Waals surface area contributed by atoms with Crippen molar-refractivity contribution in [3.63, 3.8) is 0 Å². The van der Waals surface area contributed by atoms with Gasteiger partial charge in [0.1, 0.15) is 0 Å². The Hall–Kier alpha value is -1.05. The van der Waals surface area contributed by atoms with E-state index in [0.717, 1.165) is 18.2 Å². The third-order valence-electron chi connectivity index (χ3n) is 1.73. The van der Waals surface area contributed by atoms with Crippen LogP contribution in [0.2, 0.25) is 0 Å². The summed E-state index contributed by atoms with van der Waals surface area (Å²) in [5, 5.41) is 9.08. The molecule has 0 aliphatic heterocycles. The van der Waals surface area contributed by atoms with Crippen LogP contribution in [0.3, 0.4) is 0 Å². The molecule has 4 nitrogen and oxygen atoms in total. The third kappa shape index (κ3) is 2.95. The highest BCUT2D eigenvalue weighted by atomic mass is 32.2.